The maximum atomic E-state index is 12.4. The maximum Gasteiger partial charge on any atom is 0.251 e. The summed E-state index contributed by atoms with van der Waals surface area (Å²) in [6, 6.07) is 8.06. The number of hydrogen-bond donors (Lipinski definition) is 2. The first kappa shape index (κ1) is 19.5. The fraction of sp³-hybridized carbons (Fsp3) is 0.421. The van der Waals surface area contributed by atoms with E-state index < -0.39 is 6.04 Å². The SMILES string of the molecule is COc1ccc(C(=O)N[C@@H](C(=O)NCCCn2cccn2)C(C)C)cc1. The van der Waals surface area contributed by atoms with E-state index >= 15 is 0 Å². The van der Waals surface area contributed by atoms with E-state index in [1.54, 1.807) is 37.6 Å². The van der Waals surface area contributed by atoms with Crippen LogP contribution in [-0.2, 0) is 11.3 Å². The van der Waals surface area contributed by atoms with Crippen molar-refractivity contribution in [2.45, 2.75) is 32.9 Å². The summed E-state index contributed by atoms with van der Waals surface area (Å²) < 4.78 is 6.90. The summed E-state index contributed by atoms with van der Waals surface area (Å²) in [6.07, 6.45) is 4.38. The van der Waals surface area contributed by atoms with Crippen molar-refractivity contribution in [1.82, 2.24) is 20.4 Å². The Morgan fingerprint density at radius 3 is 2.54 bits per heavy atom. The van der Waals surface area contributed by atoms with E-state index in [9.17, 15) is 9.59 Å². The third kappa shape index (κ3) is 5.61. The Morgan fingerprint density at radius 1 is 1.23 bits per heavy atom. The summed E-state index contributed by atoms with van der Waals surface area (Å²) in [7, 11) is 1.57. The van der Waals surface area contributed by atoms with Gasteiger partial charge in [-0.3, -0.25) is 14.3 Å². The number of aryl methyl sites for hydroxylation is 1. The predicted molar refractivity (Wildman–Crippen MR) is 98.9 cm³/mol. The Kier molecular flexibility index (Phi) is 7.20. The molecule has 1 heterocycles. The summed E-state index contributed by atoms with van der Waals surface area (Å²) >= 11 is 0. The van der Waals surface area contributed by atoms with Gasteiger partial charge in [-0.25, -0.2) is 0 Å². The molecular formula is C19H26N4O3. The number of carbonyl (C=O) groups excluding carboxylic acids is 2. The first-order chi connectivity index (χ1) is 12.5. The predicted octanol–water partition coefficient (Wildman–Crippen LogP) is 1.85. The largest absolute Gasteiger partial charge is 0.497 e. The number of ether oxygens (including phenoxy) is 1. The van der Waals surface area contributed by atoms with Crippen LogP contribution in [0.15, 0.2) is 42.7 Å². The quantitative estimate of drug-likeness (QED) is 0.670. The molecule has 2 aromatic rings. The molecule has 1 aromatic heterocycles. The van der Waals surface area contributed by atoms with Crippen LogP contribution in [0.5, 0.6) is 5.75 Å². The molecule has 7 heteroatoms. The van der Waals surface area contributed by atoms with Gasteiger partial charge in [0.05, 0.1) is 7.11 Å². The third-order valence-corrected chi connectivity index (χ3v) is 4.01. The van der Waals surface area contributed by atoms with Gasteiger partial charge in [0.2, 0.25) is 5.91 Å². The summed E-state index contributed by atoms with van der Waals surface area (Å²) in [5.41, 5.74) is 0.489. The van der Waals surface area contributed by atoms with Gasteiger partial charge in [-0.2, -0.15) is 5.10 Å². The van der Waals surface area contributed by atoms with E-state index in [1.807, 2.05) is 30.8 Å². The molecule has 7 nitrogen and oxygen atoms in total. The van der Waals surface area contributed by atoms with Crippen LogP contribution >= 0.6 is 0 Å². The molecule has 0 saturated heterocycles. The molecule has 0 aliphatic heterocycles. The molecule has 2 rings (SSSR count). The smallest absolute Gasteiger partial charge is 0.251 e. The minimum absolute atomic E-state index is 0.0247. The van der Waals surface area contributed by atoms with Gasteiger partial charge >= 0.3 is 0 Å². The standard InChI is InChI=1S/C19H26N4O3/c1-14(2)17(19(25)20-10-4-12-23-13-5-11-21-23)22-18(24)15-6-8-16(26-3)9-7-15/h5-9,11,13-14,17H,4,10,12H2,1-3H3,(H,20,25)(H,22,24)/t17-/m1/s1. The second-order valence-corrected chi connectivity index (χ2v) is 6.34. The van der Waals surface area contributed by atoms with Crippen molar-refractivity contribution in [3.8, 4) is 5.75 Å². The number of nitrogens with zero attached hydrogens (tertiary/aromatic N) is 2. The first-order valence-corrected chi connectivity index (χ1v) is 8.71. The molecule has 0 aliphatic carbocycles. The minimum Gasteiger partial charge on any atom is -0.497 e. The molecule has 0 unspecified atom stereocenters. The average Bonchev–Trinajstić information content (AvgIpc) is 3.16. The van der Waals surface area contributed by atoms with Gasteiger partial charge in [0, 0.05) is 31.0 Å². The lowest BCUT2D eigenvalue weighted by atomic mass is 10.0. The summed E-state index contributed by atoms with van der Waals surface area (Å²) in [5, 5.41) is 9.82. The fourth-order valence-corrected chi connectivity index (χ4v) is 2.50. The van der Waals surface area contributed by atoms with Gasteiger partial charge in [-0.1, -0.05) is 13.8 Å². The molecule has 0 spiro atoms. The van der Waals surface area contributed by atoms with E-state index in [0.717, 1.165) is 13.0 Å². The summed E-state index contributed by atoms with van der Waals surface area (Å²) in [4.78, 5) is 24.9. The van der Waals surface area contributed by atoms with E-state index in [4.69, 9.17) is 4.74 Å². The molecular weight excluding hydrogens is 332 g/mol. The number of carbonyl (C=O) groups is 2. The molecule has 0 aliphatic rings. The normalized spacial score (nSPS) is 11.8. The van der Waals surface area contributed by atoms with Crippen molar-refractivity contribution in [3.63, 3.8) is 0 Å². The van der Waals surface area contributed by atoms with E-state index in [0.29, 0.717) is 17.9 Å². The van der Waals surface area contributed by atoms with Crippen LogP contribution in [0.1, 0.15) is 30.6 Å². The topological polar surface area (TPSA) is 85.2 Å². The molecule has 1 aromatic carbocycles. The molecule has 0 bridgehead atoms. The Morgan fingerprint density at radius 2 is 1.96 bits per heavy atom. The second kappa shape index (κ2) is 9.60. The zero-order valence-electron chi connectivity index (χ0n) is 15.4. The Labute approximate surface area is 153 Å². The Balaban J connectivity index is 1.85. The third-order valence-electron chi connectivity index (χ3n) is 4.01. The van der Waals surface area contributed by atoms with Gasteiger partial charge in [0.25, 0.3) is 5.91 Å². The van der Waals surface area contributed by atoms with E-state index in [1.165, 1.54) is 0 Å². The molecule has 26 heavy (non-hydrogen) atoms. The highest BCUT2D eigenvalue weighted by Crippen LogP contribution is 2.12. The van der Waals surface area contributed by atoms with Crippen LogP contribution in [0.2, 0.25) is 0 Å². The Hall–Kier alpha value is -2.83. The number of methoxy groups -OCH3 is 1. The molecule has 1 atom stereocenters. The molecule has 2 amide bonds. The number of amides is 2. The zero-order chi connectivity index (χ0) is 18.9. The fourth-order valence-electron chi connectivity index (χ4n) is 2.50. The van der Waals surface area contributed by atoms with Crippen molar-refractivity contribution in [2.24, 2.45) is 5.92 Å². The number of aromatic nitrogens is 2. The lowest BCUT2D eigenvalue weighted by Gasteiger charge is -2.22. The molecule has 2 N–H and O–H groups in total. The van der Waals surface area contributed by atoms with Crippen molar-refractivity contribution >= 4 is 11.8 Å². The molecule has 0 fully saturated rings. The van der Waals surface area contributed by atoms with Crippen LogP contribution in [-0.4, -0.2) is 41.3 Å². The number of rotatable bonds is 9. The van der Waals surface area contributed by atoms with Crippen molar-refractivity contribution in [2.75, 3.05) is 13.7 Å². The molecule has 140 valence electrons. The van der Waals surface area contributed by atoms with Crippen molar-refractivity contribution < 1.29 is 14.3 Å². The van der Waals surface area contributed by atoms with Crippen LogP contribution in [0, 0.1) is 5.92 Å². The highest BCUT2D eigenvalue weighted by molar-refractivity contribution is 5.97. The van der Waals surface area contributed by atoms with E-state index in [-0.39, 0.29) is 17.7 Å². The van der Waals surface area contributed by atoms with Gasteiger partial charge in [0.15, 0.2) is 0 Å². The van der Waals surface area contributed by atoms with Crippen LogP contribution in [0.3, 0.4) is 0 Å². The lowest BCUT2D eigenvalue weighted by Crippen LogP contribution is -2.49. The van der Waals surface area contributed by atoms with E-state index in [2.05, 4.69) is 15.7 Å². The molecule has 0 saturated carbocycles. The maximum absolute atomic E-state index is 12.4. The highest BCUT2D eigenvalue weighted by atomic mass is 16.5. The van der Waals surface area contributed by atoms with Crippen LogP contribution in [0.4, 0.5) is 0 Å². The zero-order valence-corrected chi connectivity index (χ0v) is 15.4. The molecule has 0 radical (unpaired) electrons. The minimum atomic E-state index is -0.589. The average molecular weight is 358 g/mol. The van der Waals surface area contributed by atoms with Gasteiger partial charge < -0.3 is 15.4 Å². The van der Waals surface area contributed by atoms with Crippen LogP contribution in [0.25, 0.3) is 0 Å². The second-order valence-electron chi connectivity index (χ2n) is 6.34. The number of nitrogens with one attached hydrogen (secondary N) is 2. The van der Waals surface area contributed by atoms with Crippen LogP contribution < -0.4 is 15.4 Å². The Bertz CT molecular complexity index is 696. The van der Waals surface area contributed by atoms with Crippen molar-refractivity contribution in [3.05, 3.63) is 48.3 Å². The van der Waals surface area contributed by atoms with Crippen molar-refractivity contribution in [1.29, 1.82) is 0 Å². The number of benzene rings is 1. The van der Waals surface area contributed by atoms with Gasteiger partial charge in [-0.15, -0.1) is 0 Å². The van der Waals surface area contributed by atoms with Gasteiger partial charge in [0.1, 0.15) is 11.8 Å². The highest BCUT2D eigenvalue weighted by Gasteiger charge is 2.24. The lowest BCUT2D eigenvalue weighted by molar-refractivity contribution is -0.123. The summed E-state index contributed by atoms with van der Waals surface area (Å²) in [6.45, 7) is 5.07. The summed E-state index contributed by atoms with van der Waals surface area (Å²) in [5.74, 6) is 0.195. The number of hydrogen-bond acceptors (Lipinski definition) is 4. The monoisotopic (exact) mass is 358 g/mol. The van der Waals surface area contributed by atoms with Gasteiger partial charge in [-0.05, 0) is 42.7 Å². The first-order valence-electron chi connectivity index (χ1n) is 8.71.